The SMILES string of the molecule is [B]NCc1ccc(OC)c(C)c1/C=C/C#N. The number of methoxy groups -OCH3 is 1. The molecular weight excluding hydrogens is 199 g/mol. The third kappa shape index (κ3) is 2.65. The van der Waals surface area contributed by atoms with E-state index in [-0.39, 0.29) is 0 Å². The van der Waals surface area contributed by atoms with Crippen LogP contribution in [-0.4, -0.2) is 15.1 Å². The molecule has 80 valence electrons. The predicted molar refractivity (Wildman–Crippen MR) is 65.0 cm³/mol. The quantitative estimate of drug-likeness (QED) is 0.610. The van der Waals surface area contributed by atoms with Crippen LogP contribution in [0, 0.1) is 18.3 Å². The second kappa shape index (κ2) is 5.99. The van der Waals surface area contributed by atoms with E-state index in [9.17, 15) is 0 Å². The summed E-state index contributed by atoms with van der Waals surface area (Å²) in [7, 11) is 6.93. The van der Waals surface area contributed by atoms with E-state index in [1.807, 2.05) is 25.1 Å². The van der Waals surface area contributed by atoms with Crippen LogP contribution in [0.25, 0.3) is 6.08 Å². The largest absolute Gasteiger partial charge is 0.496 e. The number of hydrogen-bond acceptors (Lipinski definition) is 3. The number of ether oxygens (including phenoxy) is 1. The standard InChI is InChI=1S/C12H13BN2O/c1-9-11(4-3-7-14)10(8-15-13)5-6-12(9)16-2/h3-6,15H,8H2,1-2H3/b4-3+. The molecule has 0 unspecified atom stereocenters. The van der Waals surface area contributed by atoms with Crippen molar-refractivity contribution in [3.8, 4) is 11.8 Å². The zero-order valence-corrected chi connectivity index (χ0v) is 9.45. The molecule has 0 aliphatic heterocycles. The predicted octanol–water partition coefficient (Wildman–Crippen LogP) is 1.71. The van der Waals surface area contributed by atoms with Gasteiger partial charge in [0.1, 0.15) is 5.75 Å². The lowest BCUT2D eigenvalue weighted by molar-refractivity contribution is 0.411. The maximum atomic E-state index is 8.56. The summed E-state index contributed by atoms with van der Waals surface area (Å²) < 4.78 is 5.23. The summed E-state index contributed by atoms with van der Waals surface area (Å²) in [4.78, 5) is 0. The molecule has 4 heteroatoms. The first-order chi connectivity index (χ1) is 7.74. The summed E-state index contributed by atoms with van der Waals surface area (Å²) >= 11 is 0. The van der Waals surface area contributed by atoms with Gasteiger partial charge in [-0.15, -0.1) is 0 Å². The van der Waals surface area contributed by atoms with Gasteiger partial charge in [0.2, 0.25) is 0 Å². The van der Waals surface area contributed by atoms with E-state index in [2.05, 4.69) is 5.23 Å². The molecule has 0 aliphatic rings. The second-order valence-corrected chi connectivity index (χ2v) is 3.31. The number of nitrogens with one attached hydrogen (secondary N) is 1. The topological polar surface area (TPSA) is 45.0 Å². The maximum absolute atomic E-state index is 8.56. The first-order valence-electron chi connectivity index (χ1n) is 4.90. The third-order valence-corrected chi connectivity index (χ3v) is 2.39. The first-order valence-corrected chi connectivity index (χ1v) is 4.90. The molecule has 1 aromatic rings. The number of nitriles is 1. The highest BCUT2D eigenvalue weighted by Gasteiger charge is 2.07. The van der Waals surface area contributed by atoms with Crippen LogP contribution in [0.4, 0.5) is 0 Å². The molecule has 2 radical (unpaired) electrons. The Kier molecular flexibility index (Phi) is 4.62. The minimum Gasteiger partial charge on any atom is -0.496 e. The molecule has 0 saturated heterocycles. The molecule has 0 fully saturated rings. The van der Waals surface area contributed by atoms with Gasteiger partial charge in [-0.1, -0.05) is 6.07 Å². The van der Waals surface area contributed by atoms with Gasteiger partial charge in [-0.3, -0.25) is 0 Å². The Labute approximate surface area is 97.2 Å². The number of rotatable bonds is 4. The molecule has 3 nitrogen and oxygen atoms in total. The smallest absolute Gasteiger partial charge is 0.178 e. The van der Waals surface area contributed by atoms with Gasteiger partial charge >= 0.3 is 0 Å². The van der Waals surface area contributed by atoms with E-state index in [0.717, 1.165) is 22.4 Å². The Bertz CT molecular complexity index is 435. The lowest BCUT2D eigenvalue weighted by atomic mass is 10.00. The van der Waals surface area contributed by atoms with Crippen molar-refractivity contribution in [2.45, 2.75) is 13.5 Å². The lowest BCUT2D eigenvalue weighted by Crippen LogP contribution is -2.09. The molecule has 16 heavy (non-hydrogen) atoms. The van der Waals surface area contributed by atoms with Gasteiger partial charge in [-0.05, 0) is 35.8 Å². The number of allylic oxidation sites excluding steroid dienone is 1. The minimum atomic E-state index is 0.552. The molecule has 0 atom stereocenters. The first kappa shape index (κ1) is 12.3. The van der Waals surface area contributed by atoms with Gasteiger partial charge in [0.25, 0.3) is 0 Å². The normalized spacial score (nSPS) is 10.3. The summed E-state index contributed by atoms with van der Waals surface area (Å²) in [6, 6.07) is 5.81. The summed E-state index contributed by atoms with van der Waals surface area (Å²) in [6.07, 6.45) is 3.21. The Balaban J connectivity index is 3.25. The van der Waals surface area contributed by atoms with E-state index in [1.54, 1.807) is 13.2 Å². The summed E-state index contributed by atoms with van der Waals surface area (Å²) in [5, 5.41) is 11.2. The molecule has 1 rings (SSSR count). The van der Waals surface area contributed by atoms with Gasteiger partial charge in [0.15, 0.2) is 7.98 Å². The van der Waals surface area contributed by atoms with E-state index < -0.39 is 0 Å². The second-order valence-electron chi connectivity index (χ2n) is 3.31. The monoisotopic (exact) mass is 212 g/mol. The van der Waals surface area contributed by atoms with Crippen LogP contribution in [0.15, 0.2) is 18.2 Å². The molecule has 0 saturated carbocycles. The zero-order chi connectivity index (χ0) is 12.0. The van der Waals surface area contributed by atoms with Crippen LogP contribution >= 0.6 is 0 Å². The fourth-order valence-electron chi connectivity index (χ4n) is 1.60. The van der Waals surface area contributed by atoms with E-state index in [4.69, 9.17) is 18.0 Å². The summed E-state index contributed by atoms with van der Waals surface area (Å²) in [5.74, 6) is 0.804. The van der Waals surface area contributed by atoms with Crippen LogP contribution in [0.3, 0.4) is 0 Å². The van der Waals surface area contributed by atoms with Crippen LogP contribution in [0.5, 0.6) is 5.75 Å². The van der Waals surface area contributed by atoms with Crippen LogP contribution in [-0.2, 0) is 6.54 Å². The van der Waals surface area contributed by atoms with Crippen LogP contribution in [0.1, 0.15) is 16.7 Å². The highest BCUT2D eigenvalue weighted by molar-refractivity contribution is 6.04. The van der Waals surface area contributed by atoms with E-state index in [0.29, 0.717) is 6.54 Å². The molecule has 0 aliphatic carbocycles. The Morgan fingerprint density at radius 3 is 2.88 bits per heavy atom. The zero-order valence-electron chi connectivity index (χ0n) is 9.45. The maximum Gasteiger partial charge on any atom is 0.178 e. The molecule has 0 bridgehead atoms. The van der Waals surface area contributed by atoms with Gasteiger partial charge in [0.05, 0.1) is 13.2 Å². The Morgan fingerprint density at radius 2 is 2.31 bits per heavy atom. The molecule has 0 amide bonds. The number of hydrogen-bond donors (Lipinski definition) is 1. The van der Waals surface area contributed by atoms with Gasteiger partial charge in [-0.2, -0.15) is 5.26 Å². The molecule has 1 N–H and O–H groups in total. The van der Waals surface area contributed by atoms with Crippen LogP contribution < -0.4 is 9.96 Å². The minimum absolute atomic E-state index is 0.552. The van der Waals surface area contributed by atoms with Crippen molar-refractivity contribution in [1.29, 1.82) is 5.26 Å². The molecule has 0 spiro atoms. The van der Waals surface area contributed by atoms with E-state index >= 15 is 0 Å². The van der Waals surface area contributed by atoms with Crippen molar-refractivity contribution >= 4 is 14.1 Å². The highest BCUT2D eigenvalue weighted by atomic mass is 16.5. The van der Waals surface area contributed by atoms with Crippen molar-refractivity contribution in [3.05, 3.63) is 34.9 Å². The van der Waals surface area contributed by atoms with Gasteiger partial charge in [0, 0.05) is 12.6 Å². The van der Waals surface area contributed by atoms with Crippen molar-refractivity contribution in [2.24, 2.45) is 0 Å². The highest BCUT2D eigenvalue weighted by Crippen LogP contribution is 2.25. The average molecular weight is 212 g/mol. The third-order valence-electron chi connectivity index (χ3n) is 2.39. The fourth-order valence-corrected chi connectivity index (χ4v) is 1.60. The fraction of sp³-hybridized carbons (Fsp3) is 0.250. The van der Waals surface area contributed by atoms with Gasteiger partial charge < -0.3 is 9.96 Å². The van der Waals surface area contributed by atoms with E-state index in [1.165, 1.54) is 6.08 Å². The summed E-state index contributed by atoms with van der Waals surface area (Å²) in [5.41, 5.74) is 3.01. The summed E-state index contributed by atoms with van der Waals surface area (Å²) in [6.45, 7) is 2.51. The van der Waals surface area contributed by atoms with Crippen molar-refractivity contribution in [2.75, 3.05) is 7.11 Å². The lowest BCUT2D eigenvalue weighted by Gasteiger charge is -2.12. The Hall–Kier alpha value is -1.73. The number of benzene rings is 1. The van der Waals surface area contributed by atoms with Crippen LogP contribution in [0.2, 0.25) is 0 Å². The molecule has 0 aromatic heterocycles. The molecule has 1 aromatic carbocycles. The average Bonchev–Trinajstić information content (AvgIpc) is 2.29. The van der Waals surface area contributed by atoms with Crippen molar-refractivity contribution in [3.63, 3.8) is 0 Å². The number of nitrogens with zero attached hydrogens (tertiary/aromatic N) is 1. The molecule has 0 heterocycles. The van der Waals surface area contributed by atoms with Crippen molar-refractivity contribution < 1.29 is 4.74 Å². The Morgan fingerprint density at radius 1 is 1.56 bits per heavy atom. The molecular formula is C12H13BN2O. The van der Waals surface area contributed by atoms with Gasteiger partial charge in [-0.25, -0.2) is 0 Å². The van der Waals surface area contributed by atoms with Crippen molar-refractivity contribution in [1.82, 2.24) is 5.23 Å².